The van der Waals surface area contributed by atoms with Crippen molar-refractivity contribution in [1.29, 1.82) is 0 Å². The molecule has 2 heterocycles. The van der Waals surface area contributed by atoms with Gasteiger partial charge in [-0.05, 0) is 79.6 Å². The van der Waals surface area contributed by atoms with E-state index >= 15 is 0 Å². The van der Waals surface area contributed by atoms with Crippen LogP contribution in [-0.2, 0) is 5.60 Å². The lowest BCUT2D eigenvalue weighted by Gasteiger charge is -2.32. The van der Waals surface area contributed by atoms with E-state index in [1.54, 1.807) is 13.3 Å². The molecule has 5 nitrogen and oxygen atoms in total. The Morgan fingerprint density at radius 3 is 2.47 bits per heavy atom. The van der Waals surface area contributed by atoms with Crippen molar-refractivity contribution in [2.75, 3.05) is 27.7 Å². The van der Waals surface area contributed by atoms with E-state index in [2.05, 4.69) is 48.2 Å². The normalized spacial score (nSPS) is 13.2. The molecule has 3 aromatic carbocycles. The lowest BCUT2D eigenvalue weighted by atomic mass is 9.80. The first kappa shape index (κ1) is 23.9. The summed E-state index contributed by atoms with van der Waals surface area (Å²) < 4.78 is 5.78. The molecule has 5 aromatic rings. The number of nitrogens with zero attached hydrogens (tertiary/aromatic N) is 3. The van der Waals surface area contributed by atoms with Gasteiger partial charge in [-0.1, -0.05) is 54.6 Å². The van der Waals surface area contributed by atoms with Gasteiger partial charge in [0.25, 0.3) is 0 Å². The molecule has 5 heteroatoms. The first-order chi connectivity index (χ1) is 17.5. The van der Waals surface area contributed by atoms with Gasteiger partial charge in [0.1, 0.15) is 5.60 Å². The van der Waals surface area contributed by atoms with Crippen LogP contribution in [-0.4, -0.2) is 47.7 Å². The van der Waals surface area contributed by atoms with Crippen LogP contribution >= 0.6 is 0 Å². The molecule has 0 aliphatic carbocycles. The summed E-state index contributed by atoms with van der Waals surface area (Å²) in [4.78, 5) is 11.2. The second kappa shape index (κ2) is 10.1. The highest BCUT2D eigenvalue weighted by Crippen LogP contribution is 2.43. The van der Waals surface area contributed by atoms with Crippen LogP contribution in [0.5, 0.6) is 5.88 Å². The summed E-state index contributed by atoms with van der Waals surface area (Å²) in [5.41, 5.74) is 3.16. The zero-order valence-corrected chi connectivity index (χ0v) is 21.0. The Kier molecular flexibility index (Phi) is 6.68. The summed E-state index contributed by atoms with van der Waals surface area (Å²) in [7, 11) is 5.72. The number of fused-ring (bicyclic) bond motifs is 2. The van der Waals surface area contributed by atoms with Crippen LogP contribution in [0.1, 0.15) is 24.0 Å². The highest BCUT2D eigenvalue weighted by molar-refractivity contribution is 5.89. The highest BCUT2D eigenvalue weighted by atomic mass is 16.5. The van der Waals surface area contributed by atoms with Crippen molar-refractivity contribution in [3.05, 3.63) is 102 Å². The number of hydrogen-bond acceptors (Lipinski definition) is 5. The summed E-state index contributed by atoms with van der Waals surface area (Å²) in [6.45, 7) is 0.863. The first-order valence-corrected chi connectivity index (χ1v) is 12.2. The maximum Gasteiger partial charge on any atom is 0.220 e. The van der Waals surface area contributed by atoms with Gasteiger partial charge >= 0.3 is 0 Å². The van der Waals surface area contributed by atoms with Crippen molar-refractivity contribution in [2.45, 2.75) is 18.4 Å². The Bertz CT molecular complexity index is 1500. The van der Waals surface area contributed by atoms with E-state index in [0.717, 1.165) is 51.3 Å². The minimum Gasteiger partial charge on any atom is -0.481 e. The van der Waals surface area contributed by atoms with Crippen LogP contribution in [0.2, 0.25) is 0 Å². The van der Waals surface area contributed by atoms with E-state index in [9.17, 15) is 5.11 Å². The van der Waals surface area contributed by atoms with Gasteiger partial charge in [-0.2, -0.15) is 0 Å². The van der Waals surface area contributed by atoms with Gasteiger partial charge in [-0.15, -0.1) is 0 Å². The van der Waals surface area contributed by atoms with Crippen LogP contribution in [0.25, 0.3) is 32.8 Å². The average Bonchev–Trinajstić information content (AvgIpc) is 2.91. The highest BCUT2D eigenvalue weighted by Gasteiger charge is 2.36. The maximum atomic E-state index is 12.6. The summed E-state index contributed by atoms with van der Waals surface area (Å²) in [6.07, 6.45) is 4.97. The number of ether oxygens (including phenoxy) is 1. The van der Waals surface area contributed by atoms with Gasteiger partial charge in [0, 0.05) is 23.3 Å². The molecular weight excluding hydrogens is 446 g/mol. The molecule has 0 fully saturated rings. The Morgan fingerprint density at radius 2 is 1.69 bits per heavy atom. The predicted molar refractivity (Wildman–Crippen MR) is 146 cm³/mol. The molecule has 0 aliphatic rings. The zero-order valence-electron chi connectivity index (χ0n) is 21.0. The lowest BCUT2D eigenvalue weighted by Crippen LogP contribution is -2.30. The lowest BCUT2D eigenvalue weighted by molar-refractivity contribution is 0.0648. The summed E-state index contributed by atoms with van der Waals surface area (Å²) in [5, 5.41) is 15.6. The van der Waals surface area contributed by atoms with Gasteiger partial charge in [0.15, 0.2) is 0 Å². The molecule has 0 bridgehead atoms. The Morgan fingerprint density at radius 1 is 0.861 bits per heavy atom. The monoisotopic (exact) mass is 477 g/mol. The molecule has 0 radical (unpaired) electrons. The van der Waals surface area contributed by atoms with Crippen LogP contribution < -0.4 is 4.74 Å². The minimum absolute atomic E-state index is 0.442. The Hall–Kier alpha value is -3.80. The molecule has 5 rings (SSSR count). The van der Waals surface area contributed by atoms with Crippen LogP contribution in [0.4, 0.5) is 0 Å². The fraction of sp³-hybridized carbons (Fsp3) is 0.226. The van der Waals surface area contributed by atoms with Gasteiger partial charge in [0.2, 0.25) is 5.88 Å². The van der Waals surface area contributed by atoms with Crippen molar-refractivity contribution in [1.82, 2.24) is 14.9 Å². The molecule has 2 aromatic heterocycles. The Balaban J connectivity index is 1.72. The molecular formula is C31H31N3O2. The van der Waals surface area contributed by atoms with Crippen molar-refractivity contribution >= 4 is 21.7 Å². The van der Waals surface area contributed by atoms with Crippen LogP contribution in [0.15, 0.2) is 91.3 Å². The summed E-state index contributed by atoms with van der Waals surface area (Å²) in [6, 6.07) is 26.5. The van der Waals surface area contributed by atoms with E-state index in [1.165, 1.54) is 0 Å². The average molecular weight is 478 g/mol. The number of methoxy groups -OCH3 is 1. The summed E-state index contributed by atoms with van der Waals surface area (Å²) in [5.74, 6) is 0.442. The molecule has 0 amide bonds. The molecule has 0 spiro atoms. The molecule has 1 unspecified atom stereocenters. The van der Waals surface area contributed by atoms with Gasteiger partial charge in [0.05, 0.1) is 18.2 Å². The van der Waals surface area contributed by atoms with Crippen molar-refractivity contribution < 1.29 is 9.84 Å². The molecule has 0 saturated carbocycles. The van der Waals surface area contributed by atoms with Crippen molar-refractivity contribution in [3.63, 3.8) is 0 Å². The second-order valence-corrected chi connectivity index (χ2v) is 9.49. The van der Waals surface area contributed by atoms with Crippen molar-refractivity contribution in [3.8, 4) is 17.0 Å². The number of hydrogen-bond donors (Lipinski definition) is 1. The van der Waals surface area contributed by atoms with E-state index < -0.39 is 5.60 Å². The SMILES string of the molecule is COc1nc2ccc(-c3cccnc3)cc2cc1C(O)(CCCN(C)C)c1cccc2ccccc12. The van der Waals surface area contributed by atoms with E-state index in [4.69, 9.17) is 9.72 Å². The topological polar surface area (TPSA) is 58.5 Å². The quantitative estimate of drug-likeness (QED) is 0.295. The number of rotatable bonds is 8. The minimum atomic E-state index is -1.28. The molecule has 1 N–H and O–H groups in total. The molecule has 36 heavy (non-hydrogen) atoms. The predicted octanol–water partition coefficient (Wildman–Crippen LogP) is 6.04. The zero-order chi connectivity index (χ0) is 25.1. The smallest absolute Gasteiger partial charge is 0.220 e. The van der Waals surface area contributed by atoms with Gasteiger partial charge in [-0.3, -0.25) is 4.98 Å². The number of aromatic nitrogens is 2. The second-order valence-electron chi connectivity index (χ2n) is 9.49. The fourth-order valence-corrected chi connectivity index (χ4v) is 4.98. The molecule has 0 aliphatic heterocycles. The standard InChI is InChI=1S/C31H31N3O2/c1-34(2)18-8-16-31(35,27-13-6-10-22-9-4-5-12-26(22)27)28-20-25-19-23(24-11-7-17-32-21-24)14-15-29(25)33-30(28)36-3/h4-7,9-15,17,19-21,35H,8,16,18H2,1-3H3. The van der Waals surface area contributed by atoms with E-state index in [0.29, 0.717) is 17.9 Å². The Labute approximate surface area is 212 Å². The van der Waals surface area contributed by atoms with Crippen molar-refractivity contribution in [2.24, 2.45) is 0 Å². The molecule has 1 atom stereocenters. The molecule has 0 saturated heterocycles. The third-order valence-electron chi connectivity index (χ3n) is 6.79. The molecule has 182 valence electrons. The first-order valence-electron chi connectivity index (χ1n) is 12.2. The number of aliphatic hydroxyl groups is 1. The number of pyridine rings is 2. The number of benzene rings is 3. The summed E-state index contributed by atoms with van der Waals surface area (Å²) >= 11 is 0. The maximum absolute atomic E-state index is 12.6. The largest absolute Gasteiger partial charge is 0.481 e. The third-order valence-corrected chi connectivity index (χ3v) is 6.79. The van der Waals surface area contributed by atoms with Gasteiger partial charge < -0.3 is 14.7 Å². The van der Waals surface area contributed by atoms with Crippen LogP contribution in [0.3, 0.4) is 0 Å². The van der Waals surface area contributed by atoms with E-state index in [-0.39, 0.29) is 0 Å². The van der Waals surface area contributed by atoms with Gasteiger partial charge in [-0.25, -0.2) is 4.98 Å². The third kappa shape index (κ3) is 4.55. The fourth-order valence-electron chi connectivity index (χ4n) is 4.98. The van der Waals surface area contributed by atoms with Crippen LogP contribution in [0, 0.1) is 0 Å². The van der Waals surface area contributed by atoms with E-state index in [1.807, 2.05) is 60.8 Å².